The van der Waals surface area contributed by atoms with Gasteiger partial charge in [0.2, 0.25) is 0 Å². The van der Waals surface area contributed by atoms with Crippen LogP contribution in [-0.2, 0) is 6.42 Å². The minimum Gasteiger partial charge on any atom is -0.495 e. The fourth-order valence-corrected chi connectivity index (χ4v) is 2.05. The Bertz CT molecular complexity index is 369. The van der Waals surface area contributed by atoms with Crippen molar-refractivity contribution in [3.63, 3.8) is 0 Å². The van der Waals surface area contributed by atoms with Gasteiger partial charge in [0.25, 0.3) is 0 Å². The number of hydrogen-bond donors (Lipinski definition) is 2. The predicted molar refractivity (Wildman–Crippen MR) is 73.5 cm³/mol. The highest BCUT2D eigenvalue weighted by Gasteiger charge is 2.14. The summed E-state index contributed by atoms with van der Waals surface area (Å²) in [6.07, 6.45) is 0.964. The second kappa shape index (κ2) is 5.41. The van der Waals surface area contributed by atoms with Crippen molar-refractivity contribution in [1.82, 2.24) is 5.32 Å². The summed E-state index contributed by atoms with van der Waals surface area (Å²) in [5.41, 5.74) is 7.96. The van der Waals surface area contributed by atoms with Crippen LogP contribution in [0.5, 0.6) is 5.75 Å². The lowest BCUT2D eigenvalue weighted by Gasteiger charge is -2.26. The molecule has 1 rings (SSSR count). The largest absolute Gasteiger partial charge is 0.495 e. The third-order valence-corrected chi connectivity index (χ3v) is 2.52. The molecule has 0 saturated heterocycles. The third-order valence-electron chi connectivity index (χ3n) is 2.52. The molecule has 0 heterocycles. The maximum atomic E-state index is 5.89. The molecule has 0 radical (unpaired) electrons. The van der Waals surface area contributed by atoms with E-state index in [1.165, 1.54) is 5.56 Å². The number of nitrogens with one attached hydrogen (secondary N) is 1. The van der Waals surface area contributed by atoms with Gasteiger partial charge in [-0.1, -0.05) is 6.07 Å². The molecule has 1 atom stereocenters. The quantitative estimate of drug-likeness (QED) is 0.790. The van der Waals surface area contributed by atoms with Crippen molar-refractivity contribution in [2.24, 2.45) is 0 Å². The molecule has 0 fully saturated rings. The lowest BCUT2D eigenvalue weighted by molar-refractivity contribution is 0.370. The van der Waals surface area contributed by atoms with E-state index in [4.69, 9.17) is 10.5 Å². The van der Waals surface area contributed by atoms with Gasteiger partial charge in [-0.15, -0.1) is 0 Å². The van der Waals surface area contributed by atoms with E-state index in [9.17, 15) is 0 Å². The first-order valence-corrected chi connectivity index (χ1v) is 6.02. The molecule has 0 bridgehead atoms. The van der Waals surface area contributed by atoms with Gasteiger partial charge in [0.05, 0.1) is 12.8 Å². The number of hydrogen-bond acceptors (Lipinski definition) is 3. The van der Waals surface area contributed by atoms with Gasteiger partial charge >= 0.3 is 0 Å². The topological polar surface area (TPSA) is 47.3 Å². The summed E-state index contributed by atoms with van der Waals surface area (Å²) in [6.45, 7) is 8.70. The summed E-state index contributed by atoms with van der Waals surface area (Å²) in [7, 11) is 1.63. The summed E-state index contributed by atoms with van der Waals surface area (Å²) in [6, 6.07) is 6.40. The summed E-state index contributed by atoms with van der Waals surface area (Å²) < 4.78 is 5.14. The number of ether oxygens (including phenoxy) is 1. The first-order valence-electron chi connectivity index (χ1n) is 6.02. The number of benzene rings is 1. The van der Waals surface area contributed by atoms with Crippen LogP contribution in [0.25, 0.3) is 0 Å². The van der Waals surface area contributed by atoms with Crippen LogP contribution in [0.4, 0.5) is 5.69 Å². The molecule has 0 amide bonds. The van der Waals surface area contributed by atoms with E-state index in [1.54, 1.807) is 7.11 Å². The van der Waals surface area contributed by atoms with E-state index in [0.29, 0.717) is 11.7 Å². The highest BCUT2D eigenvalue weighted by atomic mass is 16.5. The van der Waals surface area contributed by atoms with Crippen molar-refractivity contribution < 1.29 is 4.74 Å². The molecule has 0 aromatic heterocycles. The fraction of sp³-hybridized carbons (Fsp3) is 0.571. The minimum absolute atomic E-state index is 0.136. The number of rotatable bonds is 4. The Hall–Kier alpha value is -1.22. The summed E-state index contributed by atoms with van der Waals surface area (Å²) in [4.78, 5) is 0. The Morgan fingerprint density at radius 2 is 2.00 bits per heavy atom. The monoisotopic (exact) mass is 236 g/mol. The maximum absolute atomic E-state index is 5.89. The van der Waals surface area contributed by atoms with E-state index >= 15 is 0 Å². The van der Waals surface area contributed by atoms with E-state index in [-0.39, 0.29) is 5.54 Å². The first kappa shape index (κ1) is 13.8. The van der Waals surface area contributed by atoms with Gasteiger partial charge in [-0.2, -0.15) is 0 Å². The van der Waals surface area contributed by atoms with Crippen LogP contribution in [0.2, 0.25) is 0 Å². The molecule has 1 aromatic carbocycles. The molecule has 0 aliphatic rings. The zero-order chi connectivity index (χ0) is 13.1. The van der Waals surface area contributed by atoms with Crippen LogP contribution in [0.3, 0.4) is 0 Å². The van der Waals surface area contributed by atoms with Crippen LogP contribution in [-0.4, -0.2) is 18.7 Å². The first-order chi connectivity index (χ1) is 7.81. The standard InChI is InChI=1S/C14H24N2O/c1-10(16-14(2,3)4)8-11-6-7-13(17-5)12(15)9-11/h6-7,9-10,16H,8,15H2,1-5H3. The number of nitrogens with two attached hydrogens (primary N) is 1. The Labute approximate surface area is 104 Å². The minimum atomic E-state index is 0.136. The second-order valence-corrected chi connectivity index (χ2v) is 5.58. The van der Waals surface area contributed by atoms with Gasteiger partial charge in [0.15, 0.2) is 0 Å². The molecular formula is C14H24N2O. The van der Waals surface area contributed by atoms with E-state index < -0.39 is 0 Å². The highest BCUT2D eigenvalue weighted by Crippen LogP contribution is 2.22. The molecule has 1 aromatic rings. The Kier molecular flexibility index (Phi) is 4.40. The average Bonchev–Trinajstić information content (AvgIpc) is 2.14. The molecule has 3 N–H and O–H groups in total. The molecular weight excluding hydrogens is 212 g/mol. The van der Waals surface area contributed by atoms with Gasteiger partial charge < -0.3 is 15.8 Å². The molecule has 1 unspecified atom stereocenters. The van der Waals surface area contributed by atoms with Crippen molar-refractivity contribution in [3.05, 3.63) is 23.8 Å². The van der Waals surface area contributed by atoms with Crippen molar-refractivity contribution in [2.45, 2.75) is 45.7 Å². The zero-order valence-electron chi connectivity index (χ0n) is 11.5. The maximum Gasteiger partial charge on any atom is 0.141 e. The van der Waals surface area contributed by atoms with E-state index in [1.807, 2.05) is 12.1 Å². The molecule has 17 heavy (non-hydrogen) atoms. The van der Waals surface area contributed by atoms with Gasteiger partial charge in [0, 0.05) is 11.6 Å². The Morgan fingerprint density at radius 3 is 2.47 bits per heavy atom. The van der Waals surface area contributed by atoms with Crippen molar-refractivity contribution >= 4 is 5.69 Å². The molecule has 3 nitrogen and oxygen atoms in total. The van der Waals surface area contributed by atoms with Crippen molar-refractivity contribution in [2.75, 3.05) is 12.8 Å². The van der Waals surface area contributed by atoms with Crippen molar-refractivity contribution in [1.29, 1.82) is 0 Å². The van der Waals surface area contributed by atoms with Gasteiger partial charge in [-0.05, 0) is 51.8 Å². The normalized spacial score (nSPS) is 13.5. The number of methoxy groups -OCH3 is 1. The average molecular weight is 236 g/mol. The van der Waals surface area contributed by atoms with E-state index in [2.05, 4.69) is 39.1 Å². The Balaban J connectivity index is 2.66. The third kappa shape index (κ3) is 4.65. The summed E-state index contributed by atoms with van der Waals surface area (Å²) in [5.74, 6) is 0.741. The summed E-state index contributed by atoms with van der Waals surface area (Å²) >= 11 is 0. The fourth-order valence-electron chi connectivity index (χ4n) is 2.05. The van der Waals surface area contributed by atoms with Gasteiger partial charge in [-0.25, -0.2) is 0 Å². The highest BCUT2D eigenvalue weighted by molar-refractivity contribution is 5.54. The molecule has 0 spiro atoms. The SMILES string of the molecule is COc1ccc(CC(C)NC(C)(C)C)cc1N. The van der Waals surface area contributed by atoms with Crippen LogP contribution in [0.15, 0.2) is 18.2 Å². The van der Waals surface area contributed by atoms with Crippen LogP contribution in [0.1, 0.15) is 33.3 Å². The predicted octanol–water partition coefficient (Wildman–Crippen LogP) is 2.60. The van der Waals surface area contributed by atoms with Gasteiger partial charge in [0.1, 0.15) is 5.75 Å². The van der Waals surface area contributed by atoms with E-state index in [0.717, 1.165) is 12.2 Å². The van der Waals surface area contributed by atoms with Crippen LogP contribution >= 0.6 is 0 Å². The zero-order valence-corrected chi connectivity index (χ0v) is 11.5. The lowest BCUT2D eigenvalue weighted by Crippen LogP contribution is -2.43. The van der Waals surface area contributed by atoms with Crippen molar-refractivity contribution in [3.8, 4) is 5.75 Å². The molecule has 0 aliphatic heterocycles. The second-order valence-electron chi connectivity index (χ2n) is 5.58. The Morgan fingerprint density at radius 1 is 1.35 bits per heavy atom. The molecule has 3 heteroatoms. The summed E-state index contributed by atoms with van der Waals surface area (Å²) in [5, 5.41) is 3.54. The number of nitrogen functional groups attached to an aromatic ring is 1. The lowest BCUT2D eigenvalue weighted by atomic mass is 10.0. The molecule has 0 aliphatic carbocycles. The molecule has 96 valence electrons. The van der Waals surface area contributed by atoms with Crippen LogP contribution in [0, 0.1) is 0 Å². The molecule has 0 saturated carbocycles. The van der Waals surface area contributed by atoms with Crippen LogP contribution < -0.4 is 15.8 Å². The smallest absolute Gasteiger partial charge is 0.141 e. The van der Waals surface area contributed by atoms with Gasteiger partial charge in [-0.3, -0.25) is 0 Å². The number of anilines is 1.